The molecule has 0 bridgehead atoms. The zero-order valence-electron chi connectivity index (χ0n) is 7.31. The first kappa shape index (κ1) is 8.06. The lowest BCUT2D eigenvalue weighted by Gasteiger charge is -2.18. The zero-order valence-corrected chi connectivity index (χ0v) is 7.31. The molecular formula is C9H18O. The van der Waals surface area contributed by atoms with Gasteiger partial charge in [0.1, 0.15) is 0 Å². The molecule has 0 aromatic rings. The maximum absolute atomic E-state index is 5.07. The molecular weight excluding hydrogens is 124 g/mol. The van der Waals surface area contributed by atoms with Crippen molar-refractivity contribution in [3.63, 3.8) is 0 Å². The van der Waals surface area contributed by atoms with E-state index >= 15 is 0 Å². The molecule has 0 aromatic carbocycles. The fourth-order valence-electron chi connectivity index (χ4n) is 1.58. The van der Waals surface area contributed by atoms with Crippen molar-refractivity contribution in [2.24, 2.45) is 11.3 Å². The second-order valence-electron chi connectivity index (χ2n) is 3.76. The van der Waals surface area contributed by atoms with Gasteiger partial charge >= 0.3 is 0 Å². The van der Waals surface area contributed by atoms with E-state index < -0.39 is 0 Å². The summed E-state index contributed by atoms with van der Waals surface area (Å²) in [4.78, 5) is 0. The van der Waals surface area contributed by atoms with E-state index in [2.05, 4.69) is 13.8 Å². The molecule has 1 fully saturated rings. The number of rotatable bonds is 4. The Labute approximate surface area is 63.8 Å². The molecule has 0 radical (unpaired) electrons. The van der Waals surface area contributed by atoms with Crippen LogP contribution in [0.5, 0.6) is 0 Å². The Morgan fingerprint density at radius 3 is 2.30 bits per heavy atom. The first-order valence-electron chi connectivity index (χ1n) is 4.20. The van der Waals surface area contributed by atoms with Crippen molar-refractivity contribution in [2.45, 2.75) is 33.1 Å². The summed E-state index contributed by atoms with van der Waals surface area (Å²) >= 11 is 0. The average Bonchev–Trinajstić information content (AvgIpc) is 2.64. The van der Waals surface area contributed by atoms with Gasteiger partial charge < -0.3 is 4.74 Å². The second-order valence-corrected chi connectivity index (χ2v) is 3.76. The number of methoxy groups -OCH3 is 1. The molecule has 0 heterocycles. The Morgan fingerprint density at radius 2 is 2.00 bits per heavy atom. The van der Waals surface area contributed by atoms with Crippen molar-refractivity contribution in [2.75, 3.05) is 13.7 Å². The highest BCUT2D eigenvalue weighted by Crippen LogP contribution is 2.54. The molecule has 1 rings (SSSR count). The summed E-state index contributed by atoms with van der Waals surface area (Å²) < 4.78 is 5.07. The minimum Gasteiger partial charge on any atom is -0.385 e. The normalized spacial score (nSPS) is 21.6. The predicted octanol–water partition coefficient (Wildman–Crippen LogP) is 2.46. The van der Waals surface area contributed by atoms with Gasteiger partial charge in [-0.25, -0.2) is 0 Å². The fourth-order valence-corrected chi connectivity index (χ4v) is 1.58. The van der Waals surface area contributed by atoms with Crippen LogP contribution in [0.2, 0.25) is 0 Å². The third-order valence-electron chi connectivity index (χ3n) is 2.92. The van der Waals surface area contributed by atoms with Crippen LogP contribution in [-0.2, 0) is 4.74 Å². The maximum Gasteiger partial charge on any atom is 0.0467 e. The van der Waals surface area contributed by atoms with E-state index in [1.165, 1.54) is 19.3 Å². The minimum absolute atomic E-state index is 0.677. The molecule has 0 unspecified atom stereocenters. The van der Waals surface area contributed by atoms with Crippen LogP contribution >= 0.6 is 0 Å². The molecule has 60 valence electrons. The summed E-state index contributed by atoms with van der Waals surface area (Å²) in [6.45, 7) is 5.59. The van der Waals surface area contributed by atoms with Crippen molar-refractivity contribution in [3.8, 4) is 0 Å². The number of ether oxygens (including phenoxy) is 1. The van der Waals surface area contributed by atoms with E-state index in [1.54, 1.807) is 7.11 Å². The SMILES string of the molecule is COCCC1(C(C)C)CC1. The monoisotopic (exact) mass is 142 g/mol. The quantitative estimate of drug-likeness (QED) is 0.586. The highest BCUT2D eigenvalue weighted by molar-refractivity contribution is 4.94. The van der Waals surface area contributed by atoms with Crippen LogP contribution in [0.1, 0.15) is 33.1 Å². The standard InChI is InChI=1S/C9H18O/c1-8(2)9(4-5-9)6-7-10-3/h8H,4-7H2,1-3H3. The van der Waals surface area contributed by atoms with E-state index in [0.29, 0.717) is 5.41 Å². The Morgan fingerprint density at radius 1 is 1.40 bits per heavy atom. The smallest absolute Gasteiger partial charge is 0.0467 e. The van der Waals surface area contributed by atoms with Crippen molar-refractivity contribution >= 4 is 0 Å². The van der Waals surface area contributed by atoms with Gasteiger partial charge in [0.2, 0.25) is 0 Å². The van der Waals surface area contributed by atoms with Crippen molar-refractivity contribution in [1.82, 2.24) is 0 Å². The van der Waals surface area contributed by atoms with Gasteiger partial charge in [-0.3, -0.25) is 0 Å². The Kier molecular flexibility index (Phi) is 2.35. The summed E-state index contributed by atoms with van der Waals surface area (Å²) in [5.41, 5.74) is 0.677. The van der Waals surface area contributed by atoms with Gasteiger partial charge in [-0.1, -0.05) is 13.8 Å². The molecule has 0 spiro atoms. The Hall–Kier alpha value is -0.0400. The summed E-state index contributed by atoms with van der Waals surface area (Å²) in [7, 11) is 1.79. The Balaban J connectivity index is 2.24. The van der Waals surface area contributed by atoms with E-state index in [-0.39, 0.29) is 0 Å². The molecule has 1 saturated carbocycles. The van der Waals surface area contributed by atoms with Crippen LogP contribution in [0, 0.1) is 11.3 Å². The number of hydrogen-bond donors (Lipinski definition) is 0. The molecule has 0 saturated heterocycles. The first-order chi connectivity index (χ1) is 4.71. The van der Waals surface area contributed by atoms with Crippen LogP contribution in [0.3, 0.4) is 0 Å². The predicted molar refractivity (Wildman–Crippen MR) is 43.0 cm³/mol. The summed E-state index contributed by atoms with van der Waals surface area (Å²) in [5.74, 6) is 0.850. The van der Waals surface area contributed by atoms with E-state index in [4.69, 9.17) is 4.74 Å². The molecule has 1 heteroatoms. The van der Waals surface area contributed by atoms with Crippen LogP contribution in [0.4, 0.5) is 0 Å². The zero-order chi connectivity index (χ0) is 7.61. The third-order valence-corrected chi connectivity index (χ3v) is 2.92. The van der Waals surface area contributed by atoms with Gasteiger partial charge in [-0.15, -0.1) is 0 Å². The Bertz CT molecular complexity index is 103. The lowest BCUT2D eigenvalue weighted by Crippen LogP contribution is -2.11. The molecule has 1 aliphatic carbocycles. The van der Waals surface area contributed by atoms with Crippen LogP contribution in [0.25, 0.3) is 0 Å². The highest BCUT2D eigenvalue weighted by Gasteiger charge is 2.44. The summed E-state index contributed by atoms with van der Waals surface area (Å²) in [5, 5.41) is 0. The van der Waals surface area contributed by atoms with Gasteiger partial charge in [0, 0.05) is 13.7 Å². The van der Waals surface area contributed by atoms with E-state index in [1.807, 2.05) is 0 Å². The van der Waals surface area contributed by atoms with Gasteiger partial charge in [-0.2, -0.15) is 0 Å². The summed E-state index contributed by atoms with van der Waals surface area (Å²) in [6, 6.07) is 0. The minimum atomic E-state index is 0.677. The van der Waals surface area contributed by atoms with Gasteiger partial charge in [0.25, 0.3) is 0 Å². The summed E-state index contributed by atoms with van der Waals surface area (Å²) in [6.07, 6.45) is 4.11. The molecule has 1 nitrogen and oxygen atoms in total. The van der Waals surface area contributed by atoms with Gasteiger partial charge in [-0.05, 0) is 30.6 Å². The molecule has 0 atom stereocenters. The maximum atomic E-state index is 5.07. The molecule has 0 aliphatic heterocycles. The third kappa shape index (κ3) is 1.51. The largest absolute Gasteiger partial charge is 0.385 e. The van der Waals surface area contributed by atoms with Gasteiger partial charge in [0.15, 0.2) is 0 Å². The first-order valence-corrected chi connectivity index (χ1v) is 4.20. The van der Waals surface area contributed by atoms with E-state index in [9.17, 15) is 0 Å². The lowest BCUT2D eigenvalue weighted by atomic mass is 9.89. The van der Waals surface area contributed by atoms with Gasteiger partial charge in [0.05, 0.1) is 0 Å². The lowest BCUT2D eigenvalue weighted by molar-refractivity contribution is 0.157. The molecule has 0 aromatic heterocycles. The van der Waals surface area contributed by atoms with Crippen LogP contribution in [0.15, 0.2) is 0 Å². The molecule has 0 N–H and O–H groups in total. The highest BCUT2D eigenvalue weighted by atomic mass is 16.5. The topological polar surface area (TPSA) is 9.23 Å². The van der Waals surface area contributed by atoms with Crippen LogP contribution < -0.4 is 0 Å². The van der Waals surface area contributed by atoms with Crippen molar-refractivity contribution in [1.29, 1.82) is 0 Å². The second kappa shape index (κ2) is 2.91. The average molecular weight is 142 g/mol. The van der Waals surface area contributed by atoms with Crippen LogP contribution in [-0.4, -0.2) is 13.7 Å². The molecule has 1 aliphatic rings. The van der Waals surface area contributed by atoms with Crippen molar-refractivity contribution in [3.05, 3.63) is 0 Å². The fraction of sp³-hybridized carbons (Fsp3) is 1.00. The molecule has 0 amide bonds. The van der Waals surface area contributed by atoms with Crippen molar-refractivity contribution < 1.29 is 4.74 Å². The number of hydrogen-bond acceptors (Lipinski definition) is 1. The molecule has 10 heavy (non-hydrogen) atoms. The van der Waals surface area contributed by atoms with E-state index in [0.717, 1.165) is 12.5 Å².